The van der Waals surface area contributed by atoms with Gasteiger partial charge in [0, 0.05) is 17.8 Å². The van der Waals surface area contributed by atoms with Crippen LogP contribution in [0.4, 0.5) is 11.4 Å². The second kappa shape index (κ2) is 11.2. The summed E-state index contributed by atoms with van der Waals surface area (Å²) in [6.45, 7) is 4.30. The zero-order valence-electron chi connectivity index (χ0n) is 18.0. The highest BCUT2D eigenvalue weighted by Gasteiger charge is 2.35. The third kappa shape index (κ3) is 5.66. The standard InChI is InChI=1S/C25H32N2O2S/c1-3-5-6-7-8-16-23(28)26-21-14-11-13-20(17-21)25-27(24(29)18-30-25)22-15-10-9-12-19(22)4-2/h9-15,17,25H,3-8,16,18H2,1-2H3,(H,26,28)/t25-/m0/s1. The Balaban J connectivity index is 1.70. The molecule has 0 aliphatic carbocycles. The average molecular weight is 425 g/mol. The molecule has 2 aromatic rings. The fourth-order valence-electron chi connectivity index (χ4n) is 3.86. The molecule has 1 N–H and O–H groups in total. The third-order valence-corrected chi connectivity index (χ3v) is 6.68. The van der Waals surface area contributed by atoms with Crippen molar-refractivity contribution in [1.82, 2.24) is 0 Å². The normalized spacial score (nSPS) is 16.1. The molecule has 1 aliphatic rings. The summed E-state index contributed by atoms with van der Waals surface area (Å²) in [6.07, 6.45) is 7.11. The predicted molar refractivity (Wildman–Crippen MR) is 127 cm³/mol. The number of nitrogens with zero attached hydrogens (tertiary/aromatic N) is 1. The molecular formula is C25H32N2O2S. The molecule has 5 heteroatoms. The van der Waals surface area contributed by atoms with Crippen molar-refractivity contribution in [1.29, 1.82) is 0 Å². The number of aryl methyl sites for hydroxylation is 1. The van der Waals surface area contributed by atoms with Gasteiger partial charge >= 0.3 is 0 Å². The topological polar surface area (TPSA) is 49.4 Å². The van der Waals surface area contributed by atoms with Gasteiger partial charge in [-0.2, -0.15) is 0 Å². The van der Waals surface area contributed by atoms with Gasteiger partial charge < -0.3 is 5.32 Å². The highest BCUT2D eigenvalue weighted by molar-refractivity contribution is 8.00. The second-order valence-corrected chi connectivity index (χ2v) is 8.82. The van der Waals surface area contributed by atoms with Crippen molar-refractivity contribution in [3.63, 3.8) is 0 Å². The van der Waals surface area contributed by atoms with Crippen LogP contribution in [0.2, 0.25) is 0 Å². The summed E-state index contributed by atoms with van der Waals surface area (Å²) >= 11 is 1.64. The van der Waals surface area contributed by atoms with Crippen molar-refractivity contribution in [2.45, 2.75) is 64.2 Å². The number of thioether (sulfide) groups is 1. The van der Waals surface area contributed by atoms with Gasteiger partial charge in [0.25, 0.3) is 0 Å². The molecule has 0 aromatic heterocycles. The summed E-state index contributed by atoms with van der Waals surface area (Å²) in [4.78, 5) is 27.0. The van der Waals surface area contributed by atoms with Crippen LogP contribution in [-0.2, 0) is 16.0 Å². The Morgan fingerprint density at radius 2 is 1.87 bits per heavy atom. The van der Waals surface area contributed by atoms with Gasteiger partial charge in [0.2, 0.25) is 11.8 Å². The third-order valence-electron chi connectivity index (χ3n) is 5.46. The smallest absolute Gasteiger partial charge is 0.238 e. The van der Waals surface area contributed by atoms with Gasteiger partial charge in [0.05, 0.1) is 5.75 Å². The van der Waals surface area contributed by atoms with Gasteiger partial charge in [-0.3, -0.25) is 14.5 Å². The molecule has 1 aliphatic heterocycles. The summed E-state index contributed by atoms with van der Waals surface area (Å²) in [5.41, 5.74) is 4.00. The summed E-state index contributed by atoms with van der Waals surface area (Å²) in [6, 6.07) is 16.0. The van der Waals surface area contributed by atoms with Crippen LogP contribution in [0.15, 0.2) is 48.5 Å². The van der Waals surface area contributed by atoms with Gasteiger partial charge in [0.1, 0.15) is 5.37 Å². The lowest BCUT2D eigenvalue weighted by Crippen LogP contribution is -2.28. The van der Waals surface area contributed by atoms with E-state index in [2.05, 4.69) is 25.2 Å². The number of hydrogen-bond donors (Lipinski definition) is 1. The Hall–Kier alpha value is -2.27. The first kappa shape index (κ1) is 22.4. The first-order valence-corrected chi connectivity index (χ1v) is 12.1. The van der Waals surface area contributed by atoms with Gasteiger partial charge in [-0.15, -0.1) is 11.8 Å². The average Bonchev–Trinajstić information content (AvgIpc) is 3.15. The number of unbranched alkanes of at least 4 members (excludes halogenated alkanes) is 4. The molecule has 30 heavy (non-hydrogen) atoms. The number of carbonyl (C=O) groups excluding carboxylic acids is 2. The van der Waals surface area contributed by atoms with E-state index in [-0.39, 0.29) is 17.2 Å². The number of nitrogens with one attached hydrogen (secondary N) is 1. The van der Waals surface area contributed by atoms with Crippen LogP contribution in [0, 0.1) is 0 Å². The number of hydrogen-bond acceptors (Lipinski definition) is 3. The minimum absolute atomic E-state index is 0.0620. The monoisotopic (exact) mass is 424 g/mol. The maximum Gasteiger partial charge on any atom is 0.238 e. The van der Waals surface area contributed by atoms with E-state index in [9.17, 15) is 9.59 Å². The van der Waals surface area contributed by atoms with Crippen molar-refractivity contribution in [2.24, 2.45) is 0 Å². The molecule has 0 unspecified atom stereocenters. The quantitative estimate of drug-likeness (QED) is 0.454. The molecule has 1 saturated heterocycles. The Labute approximate surface area is 184 Å². The van der Waals surface area contributed by atoms with E-state index in [4.69, 9.17) is 0 Å². The molecule has 1 atom stereocenters. The SMILES string of the molecule is CCCCCCCC(=O)Nc1cccc([C@@H]2SCC(=O)N2c2ccccc2CC)c1. The Morgan fingerprint density at radius 1 is 1.07 bits per heavy atom. The number of amides is 2. The minimum Gasteiger partial charge on any atom is -0.326 e. The van der Waals surface area contributed by atoms with E-state index in [0.717, 1.165) is 36.2 Å². The first-order valence-electron chi connectivity index (χ1n) is 11.1. The molecule has 3 rings (SSSR count). The van der Waals surface area contributed by atoms with Crippen molar-refractivity contribution >= 4 is 35.0 Å². The summed E-state index contributed by atoms with van der Waals surface area (Å²) in [5.74, 6) is 0.663. The molecule has 0 saturated carbocycles. The number of benzene rings is 2. The lowest BCUT2D eigenvalue weighted by atomic mass is 10.1. The minimum atomic E-state index is -0.0731. The zero-order chi connectivity index (χ0) is 21.3. The molecule has 2 aromatic carbocycles. The fraction of sp³-hybridized carbons (Fsp3) is 0.440. The van der Waals surface area contributed by atoms with Crippen LogP contribution in [0.25, 0.3) is 0 Å². The molecule has 1 fully saturated rings. The molecule has 0 spiro atoms. The maximum atomic E-state index is 12.7. The lowest BCUT2D eigenvalue weighted by Gasteiger charge is -2.26. The van der Waals surface area contributed by atoms with Crippen molar-refractivity contribution in [3.05, 3.63) is 59.7 Å². The Kier molecular flexibility index (Phi) is 8.38. The van der Waals surface area contributed by atoms with Crippen LogP contribution >= 0.6 is 11.8 Å². The summed E-state index contributed by atoms with van der Waals surface area (Å²) in [7, 11) is 0. The van der Waals surface area contributed by atoms with E-state index in [1.165, 1.54) is 24.8 Å². The molecule has 2 amide bonds. The molecule has 0 radical (unpaired) electrons. The first-order chi connectivity index (χ1) is 14.6. The predicted octanol–water partition coefficient (Wildman–Crippen LogP) is 6.33. The Morgan fingerprint density at radius 3 is 2.67 bits per heavy atom. The number of anilines is 2. The van der Waals surface area contributed by atoms with Crippen LogP contribution in [-0.4, -0.2) is 17.6 Å². The molecule has 0 bridgehead atoms. The summed E-state index contributed by atoms with van der Waals surface area (Å²) in [5, 5.41) is 2.96. The second-order valence-electron chi connectivity index (χ2n) is 7.75. The van der Waals surface area contributed by atoms with Gasteiger partial charge in [-0.05, 0) is 42.2 Å². The fourth-order valence-corrected chi connectivity index (χ4v) is 5.02. The van der Waals surface area contributed by atoms with E-state index in [0.29, 0.717) is 12.2 Å². The van der Waals surface area contributed by atoms with E-state index >= 15 is 0 Å². The maximum absolute atomic E-state index is 12.7. The van der Waals surface area contributed by atoms with Gasteiger partial charge in [0.15, 0.2) is 0 Å². The molecular weight excluding hydrogens is 392 g/mol. The number of para-hydroxylation sites is 1. The van der Waals surface area contributed by atoms with Gasteiger partial charge in [-0.1, -0.05) is 69.9 Å². The Bertz CT molecular complexity index is 868. The zero-order valence-corrected chi connectivity index (χ0v) is 18.8. The van der Waals surface area contributed by atoms with E-state index < -0.39 is 0 Å². The highest BCUT2D eigenvalue weighted by Crippen LogP contribution is 2.43. The highest BCUT2D eigenvalue weighted by atomic mass is 32.2. The lowest BCUT2D eigenvalue weighted by molar-refractivity contribution is -0.117. The van der Waals surface area contributed by atoms with Gasteiger partial charge in [-0.25, -0.2) is 0 Å². The largest absolute Gasteiger partial charge is 0.326 e. The van der Waals surface area contributed by atoms with E-state index in [1.807, 2.05) is 47.4 Å². The van der Waals surface area contributed by atoms with Crippen LogP contribution in [0.1, 0.15) is 68.9 Å². The summed E-state index contributed by atoms with van der Waals surface area (Å²) < 4.78 is 0. The van der Waals surface area contributed by atoms with Crippen molar-refractivity contribution in [2.75, 3.05) is 16.0 Å². The van der Waals surface area contributed by atoms with Crippen LogP contribution < -0.4 is 10.2 Å². The molecule has 160 valence electrons. The van der Waals surface area contributed by atoms with Crippen molar-refractivity contribution in [3.8, 4) is 0 Å². The molecule has 1 heterocycles. The molecule has 4 nitrogen and oxygen atoms in total. The number of carbonyl (C=O) groups is 2. The van der Waals surface area contributed by atoms with E-state index in [1.54, 1.807) is 11.8 Å². The van der Waals surface area contributed by atoms with Crippen molar-refractivity contribution < 1.29 is 9.59 Å². The van der Waals surface area contributed by atoms with Crippen LogP contribution in [0.5, 0.6) is 0 Å². The number of rotatable bonds is 10. The van der Waals surface area contributed by atoms with Crippen LogP contribution in [0.3, 0.4) is 0 Å².